The van der Waals surface area contributed by atoms with Gasteiger partial charge in [-0.15, -0.1) is 0 Å². The highest BCUT2D eigenvalue weighted by Crippen LogP contribution is 2.19. The maximum absolute atomic E-state index is 12.7. The van der Waals surface area contributed by atoms with Gasteiger partial charge in [-0.05, 0) is 74.8 Å². The highest BCUT2D eigenvalue weighted by Gasteiger charge is 2.14. The molecule has 0 fully saturated rings. The Hall–Kier alpha value is -2.70. The van der Waals surface area contributed by atoms with Crippen molar-refractivity contribution in [2.75, 3.05) is 18.5 Å². The van der Waals surface area contributed by atoms with E-state index in [1.54, 1.807) is 0 Å². The summed E-state index contributed by atoms with van der Waals surface area (Å²) in [5.74, 6) is 0. The summed E-state index contributed by atoms with van der Waals surface area (Å²) in [6, 6.07) is 14.0. The van der Waals surface area contributed by atoms with Gasteiger partial charge in [0, 0.05) is 35.3 Å². The maximum Gasteiger partial charge on any atom is 0.253 e. The second-order valence-corrected chi connectivity index (χ2v) is 7.85. The van der Waals surface area contributed by atoms with Gasteiger partial charge in [0.1, 0.15) is 0 Å². The Morgan fingerprint density at radius 1 is 1.10 bits per heavy atom. The summed E-state index contributed by atoms with van der Waals surface area (Å²) in [6.45, 7) is 7.09. The number of aryl methyl sites for hydroxylation is 3. The number of aliphatic hydroxyl groups excluding tert-OH is 1. The molecule has 152 valence electrons. The Morgan fingerprint density at radius 2 is 1.83 bits per heavy atom. The van der Waals surface area contributed by atoms with Crippen LogP contribution in [0.3, 0.4) is 0 Å². The van der Waals surface area contributed by atoms with Gasteiger partial charge >= 0.3 is 0 Å². The van der Waals surface area contributed by atoms with Crippen molar-refractivity contribution in [3.63, 3.8) is 0 Å². The van der Waals surface area contributed by atoms with E-state index in [2.05, 4.69) is 16.4 Å². The summed E-state index contributed by atoms with van der Waals surface area (Å²) >= 11 is 5.61. The standard InChI is InChI=1S/C23H27N3O2S/c1-15-5-7-19(8-6-15)24-23(29)26(9-4-10-27)14-18-13-20-17(3)11-16(2)12-21(20)25-22(18)28/h5-8,11-13,27H,4,9-10,14H2,1-3H3,(H,24,29)(H,25,28). The predicted molar refractivity (Wildman–Crippen MR) is 124 cm³/mol. The number of aromatic amines is 1. The molecule has 2 aromatic carbocycles. The average Bonchev–Trinajstić information content (AvgIpc) is 2.67. The number of benzene rings is 2. The molecule has 5 nitrogen and oxygen atoms in total. The first kappa shape index (κ1) is 21.0. The lowest BCUT2D eigenvalue weighted by molar-refractivity contribution is 0.266. The third-order valence-electron chi connectivity index (χ3n) is 4.93. The molecule has 0 atom stereocenters. The van der Waals surface area contributed by atoms with Crippen molar-refractivity contribution >= 4 is 33.9 Å². The first-order chi connectivity index (χ1) is 13.9. The van der Waals surface area contributed by atoms with E-state index in [9.17, 15) is 9.90 Å². The topological polar surface area (TPSA) is 68.4 Å². The van der Waals surface area contributed by atoms with Crippen LogP contribution in [0.15, 0.2) is 47.3 Å². The highest BCUT2D eigenvalue weighted by molar-refractivity contribution is 7.80. The molecule has 0 bridgehead atoms. The summed E-state index contributed by atoms with van der Waals surface area (Å²) < 4.78 is 0. The van der Waals surface area contributed by atoms with E-state index < -0.39 is 0 Å². The highest BCUT2D eigenvalue weighted by atomic mass is 32.1. The fourth-order valence-corrected chi connectivity index (χ4v) is 3.67. The second kappa shape index (κ2) is 9.20. The Labute approximate surface area is 176 Å². The molecule has 3 N–H and O–H groups in total. The minimum atomic E-state index is -0.116. The average molecular weight is 410 g/mol. The zero-order valence-corrected chi connectivity index (χ0v) is 17.9. The second-order valence-electron chi connectivity index (χ2n) is 7.46. The number of nitrogens with one attached hydrogen (secondary N) is 2. The minimum absolute atomic E-state index is 0.0656. The zero-order chi connectivity index (χ0) is 21.0. The quantitative estimate of drug-likeness (QED) is 0.536. The third kappa shape index (κ3) is 5.22. The number of hydrogen-bond acceptors (Lipinski definition) is 3. The van der Waals surface area contributed by atoms with E-state index >= 15 is 0 Å². The van der Waals surface area contributed by atoms with Crippen LogP contribution in [0.25, 0.3) is 10.9 Å². The lowest BCUT2D eigenvalue weighted by Gasteiger charge is -2.26. The fourth-order valence-electron chi connectivity index (χ4n) is 3.39. The zero-order valence-electron chi connectivity index (χ0n) is 17.1. The largest absolute Gasteiger partial charge is 0.396 e. The van der Waals surface area contributed by atoms with Crippen molar-refractivity contribution in [2.24, 2.45) is 0 Å². The molecule has 0 amide bonds. The lowest BCUT2D eigenvalue weighted by Crippen LogP contribution is -2.37. The lowest BCUT2D eigenvalue weighted by atomic mass is 10.0. The normalized spacial score (nSPS) is 10.9. The summed E-state index contributed by atoms with van der Waals surface area (Å²) in [4.78, 5) is 17.6. The van der Waals surface area contributed by atoms with Gasteiger partial charge < -0.3 is 20.3 Å². The molecule has 0 aliphatic rings. The van der Waals surface area contributed by atoms with Crippen molar-refractivity contribution in [2.45, 2.75) is 33.7 Å². The van der Waals surface area contributed by atoms with Gasteiger partial charge in [0.2, 0.25) is 0 Å². The van der Waals surface area contributed by atoms with E-state index in [4.69, 9.17) is 12.2 Å². The van der Waals surface area contributed by atoms with E-state index in [0.29, 0.717) is 30.2 Å². The smallest absolute Gasteiger partial charge is 0.253 e. The van der Waals surface area contributed by atoms with E-state index in [1.165, 1.54) is 5.56 Å². The van der Waals surface area contributed by atoms with Crippen LogP contribution in [0.5, 0.6) is 0 Å². The number of hydrogen-bond donors (Lipinski definition) is 3. The van der Waals surface area contributed by atoms with Crippen LogP contribution >= 0.6 is 12.2 Å². The monoisotopic (exact) mass is 409 g/mol. The first-order valence-electron chi connectivity index (χ1n) is 9.74. The number of thiocarbonyl (C=S) groups is 1. The molecule has 6 heteroatoms. The van der Waals surface area contributed by atoms with Crippen molar-refractivity contribution in [1.82, 2.24) is 9.88 Å². The number of pyridine rings is 1. The molecule has 0 unspecified atom stereocenters. The SMILES string of the molecule is Cc1ccc(NC(=S)N(CCCO)Cc2cc3c(C)cc(C)cc3[nH]c2=O)cc1. The molecule has 0 aliphatic carbocycles. The molecule has 0 spiro atoms. The molecule has 1 heterocycles. The number of aromatic nitrogens is 1. The number of fused-ring (bicyclic) bond motifs is 1. The van der Waals surface area contributed by atoms with Crippen molar-refractivity contribution in [3.8, 4) is 0 Å². The van der Waals surface area contributed by atoms with E-state index in [0.717, 1.165) is 27.7 Å². The van der Waals surface area contributed by atoms with Gasteiger partial charge in [-0.25, -0.2) is 0 Å². The van der Waals surface area contributed by atoms with Crippen molar-refractivity contribution < 1.29 is 5.11 Å². The summed E-state index contributed by atoms with van der Waals surface area (Å²) in [5, 5.41) is 14.1. The molecular formula is C23H27N3O2S. The number of aliphatic hydroxyl groups is 1. The Kier molecular flexibility index (Phi) is 6.67. The van der Waals surface area contributed by atoms with Gasteiger partial charge in [0.05, 0.1) is 6.54 Å². The number of rotatable bonds is 6. The molecule has 0 radical (unpaired) electrons. The molecule has 0 saturated heterocycles. The van der Waals surface area contributed by atoms with E-state index in [1.807, 2.05) is 62.1 Å². The molecule has 3 aromatic rings. The van der Waals surface area contributed by atoms with Crippen molar-refractivity contribution in [1.29, 1.82) is 0 Å². The van der Waals surface area contributed by atoms with Gasteiger partial charge in [0.25, 0.3) is 5.56 Å². The molecule has 1 aromatic heterocycles. The van der Waals surface area contributed by atoms with Gasteiger partial charge in [0.15, 0.2) is 5.11 Å². The van der Waals surface area contributed by atoms with Crippen molar-refractivity contribution in [3.05, 3.63) is 75.1 Å². The Balaban J connectivity index is 1.87. The van der Waals surface area contributed by atoms with Crippen LogP contribution < -0.4 is 10.9 Å². The third-order valence-corrected chi connectivity index (χ3v) is 5.29. The summed E-state index contributed by atoms with van der Waals surface area (Å²) in [5.41, 5.74) is 5.69. The molecule has 3 rings (SSSR count). The minimum Gasteiger partial charge on any atom is -0.396 e. The Bertz CT molecular complexity index is 1070. The predicted octanol–water partition coefficient (Wildman–Crippen LogP) is 4.03. The van der Waals surface area contributed by atoms with Gasteiger partial charge in [-0.3, -0.25) is 4.79 Å². The van der Waals surface area contributed by atoms with Crippen LogP contribution in [0.1, 0.15) is 28.7 Å². The Morgan fingerprint density at radius 3 is 2.52 bits per heavy atom. The fraction of sp³-hybridized carbons (Fsp3) is 0.304. The number of H-pyrrole nitrogens is 1. The van der Waals surface area contributed by atoms with E-state index in [-0.39, 0.29) is 12.2 Å². The molecule has 29 heavy (non-hydrogen) atoms. The summed E-state index contributed by atoms with van der Waals surface area (Å²) in [7, 11) is 0. The van der Waals surface area contributed by atoms with Crippen LogP contribution in [0, 0.1) is 20.8 Å². The molecule has 0 aliphatic heterocycles. The number of nitrogens with zero attached hydrogens (tertiary/aromatic N) is 1. The summed E-state index contributed by atoms with van der Waals surface area (Å²) in [6.07, 6.45) is 0.569. The molecule has 0 saturated carbocycles. The van der Waals surface area contributed by atoms with Gasteiger partial charge in [-0.2, -0.15) is 0 Å². The molecular weight excluding hydrogens is 382 g/mol. The van der Waals surface area contributed by atoms with Crippen LogP contribution in [0.2, 0.25) is 0 Å². The van der Waals surface area contributed by atoms with Crippen LogP contribution in [0.4, 0.5) is 5.69 Å². The first-order valence-corrected chi connectivity index (χ1v) is 10.1. The maximum atomic E-state index is 12.7. The number of anilines is 1. The van der Waals surface area contributed by atoms with Crippen LogP contribution in [-0.4, -0.2) is 33.3 Å². The van der Waals surface area contributed by atoms with Gasteiger partial charge in [-0.1, -0.05) is 23.8 Å². The van der Waals surface area contributed by atoms with Crippen LogP contribution in [-0.2, 0) is 6.54 Å².